The van der Waals surface area contributed by atoms with E-state index >= 15 is 0 Å². The highest BCUT2D eigenvalue weighted by Gasteiger charge is 2.42. The average molecular weight is 190 g/mol. The molecule has 3 nitrogen and oxygen atoms in total. The van der Waals surface area contributed by atoms with E-state index in [2.05, 4.69) is 0 Å². The summed E-state index contributed by atoms with van der Waals surface area (Å²) < 4.78 is 23.2. The van der Waals surface area contributed by atoms with Crippen LogP contribution in [-0.2, 0) is 14.3 Å². The van der Waals surface area contributed by atoms with Crippen molar-refractivity contribution in [3.05, 3.63) is 0 Å². The third kappa shape index (κ3) is 1.89. The zero-order valence-corrected chi connectivity index (χ0v) is 8.07. The summed E-state index contributed by atoms with van der Waals surface area (Å²) in [5.41, 5.74) is 0. The van der Waals surface area contributed by atoms with Crippen molar-refractivity contribution in [1.29, 1.82) is 0 Å². The molecule has 1 fully saturated rings. The fraction of sp³-hybridized carbons (Fsp3) is 0.889. The second kappa shape index (κ2) is 4.15. The van der Waals surface area contributed by atoms with Gasteiger partial charge < -0.3 is 14.3 Å². The Bertz CT molecular complexity index is 186. The van der Waals surface area contributed by atoms with Crippen LogP contribution in [0.25, 0.3) is 0 Å². The Hall–Kier alpha value is -0.480. The van der Waals surface area contributed by atoms with E-state index in [4.69, 9.17) is 9.47 Å². The van der Waals surface area contributed by atoms with E-state index in [1.54, 1.807) is 13.8 Å². The van der Waals surface area contributed by atoms with E-state index in [1.165, 1.54) is 7.11 Å². The maximum absolute atomic E-state index is 13.2. The molecule has 0 aromatic heterocycles. The summed E-state index contributed by atoms with van der Waals surface area (Å²) in [5, 5.41) is 0. The monoisotopic (exact) mass is 190 g/mol. The molecular formula is C9H15FO3. The fourth-order valence-electron chi connectivity index (χ4n) is 1.75. The maximum atomic E-state index is 13.2. The highest BCUT2D eigenvalue weighted by Crippen LogP contribution is 2.31. The number of hydrogen-bond donors (Lipinski definition) is 0. The smallest absolute Gasteiger partial charge is 0.204 e. The molecule has 0 bridgehead atoms. The summed E-state index contributed by atoms with van der Waals surface area (Å²) >= 11 is 0. The SMILES string of the molecule is COC1C(C)C(F)OC(C)C1C=O. The molecule has 0 spiro atoms. The van der Waals surface area contributed by atoms with E-state index < -0.39 is 18.4 Å². The highest BCUT2D eigenvalue weighted by atomic mass is 19.1. The third-order valence-corrected chi connectivity index (χ3v) is 2.63. The predicted molar refractivity (Wildman–Crippen MR) is 45.0 cm³/mol. The first kappa shape index (κ1) is 10.6. The largest absolute Gasteiger partial charge is 0.380 e. The number of alkyl halides is 1. The molecule has 0 N–H and O–H groups in total. The fourth-order valence-corrected chi connectivity index (χ4v) is 1.75. The molecule has 1 saturated heterocycles. The topological polar surface area (TPSA) is 35.5 Å². The van der Waals surface area contributed by atoms with Gasteiger partial charge in [0.15, 0.2) is 0 Å². The predicted octanol–water partition coefficient (Wildman–Crippen LogP) is 1.17. The second-order valence-corrected chi connectivity index (χ2v) is 3.47. The molecule has 0 radical (unpaired) electrons. The van der Waals surface area contributed by atoms with Crippen molar-refractivity contribution >= 4 is 6.29 Å². The first-order chi connectivity index (χ1) is 6.11. The first-order valence-electron chi connectivity index (χ1n) is 4.39. The number of carbonyl (C=O) groups is 1. The Morgan fingerprint density at radius 3 is 2.54 bits per heavy atom. The van der Waals surface area contributed by atoms with Crippen LogP contribution in [0.15, 0.2) is 0 Å². The molecule has 13 heavy (non-hydrogen) atoms. The number of aldehydes is 1. The van der Waals surface area contributed by atoms with Gasteiger partial charge in [0.25, 0.3) is 0 Å². The standard InChI is InChI=1S/C9H15FO3/c1-5-8(12-3)7(4-11)6(2)13-9(5)10/h4-9H,1-3H3. The van der Waals surface area contributed by atoms with Crippen LogP contribution >= 0.6 is 0 Å². The summed E-state index contributed by atoms with van der Waals surface area (Å²) in [7, 11) is 1.49. The van der Waals surface area contributed by atoms with Gasteiger partial charge in [0.2, 0.25) is 6.36 Å². The molecular weight excluding hydrogens is 175 g/mol. The van der Waals surface area contributed by atoms with Crippen molar-refractivity contribution in [2.45, 2.75) is 32.4 Å². The van der Waals surface area contributed by atoms with Gasteiger partial charge in [-0.15, -0.1) is 0 Å². The minimum atomic E-state index is -1.34. The van der Waals surface area contributed by atoms with E-state index in [1.807, 2.05) is 0 Å². The summed E-state index contributed by atoms with van der Waals surface area (Å²) in [5.74, 6) is -0.761. The number of rotatable bonds is 2. The number of methoxy groups -OCH3 is 1. The number of halogens is 1. The molecule has 76 valence electrons. The molecule has 5 atom stereocenters. The Kier molecular flexibility index (Phi) is 3.39. The molecule has 1 heterocycles. The van der Waals surface area contributed by atoms with E-state index in [9.17, 15) is 9.18 Å². The van der Waals surface area contributed by atoms with Crippen LogP contribution < -0.4 is 0 Å². The van der Waals surface area contributed by atoms with Crippen LogP contribution in [0.3, 0.4) is 0 Å². The quantitative estimate of drug-likeness (QED) is 0.613. The lowest BCUT2D eigenvalue weighted by Gasteiger charge is -2.38. The number of hydrogen-bond acceptors (Lipinski definition) is 3. The molecule has 0 amide bonds. The molecule has 0 aliphatic carbocycles. The Morgan fingerprint density at radius 2 is 2.08 bits per heavy atom. The summed E-state index contributed by atoms with van der Waals surface area (Å²) in [4.78, 5) is 10.7. The van der Waals surface area contributed by atoms with Crippen LogP contribution in [0.2, 0.25) is 0 Å². The summed E-state index contributed by atoms with van der Waals surface area (Å²) in [6, 6.07) is 0. The van der Waals surface area contributed by atoms with Crippen molar-refractivity contribution in [2.75, 3.05) is 7.11 Å². The normalized spacial score (nSPS) is 46.0. The molecule has 4 heteroatoms. The van der Waals surface area contributed by atoms with Gasteiger partial charge in [0.05, 0.1) is 18.1 Å². The van der Waals surface area contributed by atoms with Crippen molar-refractivity contribution in [1.82, 2.24) is 0 Å². The minimum absolute atomic E-state index is 0.369. The van der Waals surface area contributed by atoms with Gasteiger partial charge in [0, 0.05) is 13.0 Å². The van der Waals surface area contributed by atoms with Crippen LogP contribution in [0.4, 0.5) is 4.39 Å². The second-order valence-electron chi connectivity index (χ2n) is 3.47. The van der Waals surface area contributed by atoms with E-state index in [-0.39, 0.29) is 12.0 Å². The molecule has 0 saturated carbocycles. The summed E-state index contributed by atoms with van der Waals surface area (Å²) in [6.45, 7) is 3.37. The molecule has 5 unspecified atom stereocenters. The zero-order chi connectivity index (χ0) is 10.0. The van der Waals surface area contributed by atoms with Gasteiger partial charge in [-0.2, -0.15) is 0 Å². The lowest BCUT2D eigenvalue weighted by Crippen LogP contribution is -2.48. The van der Waals surface area contributed by atoms with Crippen LogP contribution in [0.5, 0.6) is 0 Å². The lowest BCUT2D eigenvalue weighted by molar-refractivity contribution is -0.209. The average Bonchev–Trinajstić information content (AvgIpc) is 2.10. The van der Waals surface area contributed by atoms with Crippen molar-refractivity contribution in [3.63, 3.8) is 0 Å². The highest BCUT2D eigenvalue weighted by molar-refractivity contribution is 5.55. The third-order valence-electron chi connectivity index (χ3n) is 2.63. The Labute approximate surface area is 77.2 Å². The number of ether oxygens (including phenoxy) is 2. The van der Waals surface area contributed by atoms with E-state index in [0.717, 1.165) is 6.29 Å². The van der Waals surface area contributed by atoms with Crippen LogP contribution in [0.1, 0.15) is 13.8 Å². The first-order valence-corrected chi connectivity index (χ1v) is 4.39. The van der Waals surface area contributed by atoms with Gasteiger partial charge in [-0.3, -0.25) is 0 Å². The lowest BCUT2D eigenvalue weighted by atomic mass is 9.86. The van der Waals surface area contributed by atoms with Gasteiger partial charge in [-0.1, -0.05) is 6.92 Å². The van der Waals surface area contributed by atoms with Gasteiger partial charge in [-0.05, 0) is 6.92 Å². The van der Waals surface area contributed by atoms with Crippen LogP contribution in [0, 0.1) is 11.8 Å². The van der Waals surface area contributed by atoms with Crippen molar-refractivity contribution in [3.8, 4) is 0 Å². The zero-order valence-electron chi connectivity index (χ0n) is 8.07. The minimum Gasteiger partial charge on any atom is -0.380 e. The maximum Gasteiger partial charge on any atom is 0.204 e. The molecule has 1 rings (SSSR count). The van der Waals surface area contributed by atoms with Gasteiger partial charge in [0.1, 0.15) is 6.29 Å². The Balaban J connectivity index is 2.77. The van der Waals surface area contributed by atoms with Crippen molar-refractivity contribution in [2.24, 2.45) is 11.8 Å². The van der Waals surface area contributed by atoms with Crippen molar-refractivity contribution < 1.29 is 18.7 Å². The Morgan fingerprint density at radius 1 is 1.46 bits per heavy atom. The molecule has 1 aliphatic rings. The van der Waals surface area contributed by atoms with Gasteiger partial charge in [-0.25, -0.2) is 4.39 Å². The summed E-state index contributed by atoms with van der Waals surface area (Å²) in [6.07, 6.45) is -1.35. The molecule has 1 aliphatic heterocycles. The van der Waals surface area contributed by atoms with E-state index in [0.29, 0.717) is 0 Å². The van der Waals surface area contributed by atoms with Crippen LogP contribution in [-0.4, -0.2) is 32.0 Å². The van der Waals surface area contributed by atoms with Gasteiger partial charge >= 0.3 is 0 Å². The molecule has 0 aromatic carbocycles. The number of carbonyl (C=O) groups excluding carboxylic acids is 1. The molecule has 0 aromatic rings.